The molecule has 0 bridgehead atoms. The smallest absolute Gasteiger partial charge is 0.315 e. The highest BCUT2D eigenvalue weighted by Gasteiger charge is 2.15. The molecule has 0 aliphatic carbocycles. The van der Waals surface area contributed by atoms with E-state index in [-0.39, 0.29) is 12.1 Å². The lowest BCUT2D eigenvalue weighted by Crippen LogP contribution is -2.39. The van der Waals surface area contributed by atoms with E-state index in [1.165, 1.54) is 0 Å². The second-order valence-corrected chi connectivity index (χ2v) is 4.81. The average Bonchev–Trinajstić information content (AvgIpc) is 2.96. The normalized spacial score (nSPS) is 19.6. The summed E-state index contributed by atoms with van der Waals surface area (Å²) in [7, 11) is 0. The standard InChI is InChI=1S/C11H16N2O2S/c14-11(12-7-9-3-1-5-15-9)13-8-10-4-2-6-16-10/h2,4,6,9H,1,3,5,7-8H2,(H2,12,13,14). The molecule has 1 atom stereocenters. The van der Waals surface area contributed by atoms with E-state index in [0.29, 0.717) is 13.1 Å². The molecule has 1 aromatic rings. The van der Waals surface area contributed by atoms with Gasteiger partial charge < -0.3 is 15.4 Å². The molecule has 0 radical (unpaired) electrons. The predicted molar refractivity (Wildman–Crippen MR) is 63.5 cm³/mol. The van der Waals surface area contributed by atoms with Gasteiger partial charge in [-0.1, -0.05) is 6.07 Å². The summed E-state index contributed by atoms with van der Waals surface area (Å²) in [5.41, 5.74) is 0. The van der Waals surface area contributed by atoms with Crippen LogP contribution in [0.1, 0.15) is 17.7 Å². The number of urea groups is 1. The summed E-state index contributed by atoms with van der Waals surface area (Å²) in [5.74, 6) is 0. The van der Waals surface area contributed by atoms with Crippen molar-refractivity contribution in [1.29, 1.82) is 0 Å². The zero-order valence-electron chi connectivity index (χ0n) is 9.07. The minimum Gasteiger partial charge on any atom is -0.376 e. The summed E-state index contributed by atoms with van der Waals surface area (Å²) in [4.78, 5) is 12.6. The number of hydrogen-bond acceptors (Lipinski definition) is 3. The SMILES string of the molecule is O=C(NCc1cccs1)NCC1CCCO1. The fourth-order valence-electron chi connectivity index (χ4n) is 1.65. The molecule has 0 saturated carbocycles. The summed E-state index contributed by atoms with van der Waals surface area (Å²) >= 11 is 1.64. The molecule has 2 N–H and O–H groups in total. The van der Waals surface area contributed by atoms with Gasteiger partial charge in [0, 0.05) is 18.0 Å². The Balaban J connectivity index is 1.60. The van der Waals surface area contributed by atoms with Crippen molar-refractivity contribution in [3.63, 3.8) is 0 Å². The number of thiophene rings is 1. The predicted octanol–water partition coefficient (Wildman–Crippen LogP) is 1.73. The molecule has 2 rings (SSSR count). The van der Waals surface area contributed by atoms with E-state index in [1.54, 1.807) is 11.3 Å². The van der Waals surface area contributed by atoms with Crippen LogP contribution in [0.5, 0.6) is 0 Å². The van der Waals surface area contributed by atoms with Gasteiger partial charge in [-0.05, 0) is 24.3 Å². The van der Waals surface area contributed by atoms with Gasteiger partial charge in [0.25, 0.3) is 0 Å². The monoisotopic (exact) mass is 240 g/mol. The highest BCUT2D eigenvalue weighted by Crippen LogP contribution is 2.10. The van der Waals surface area contributed by atoms with Crippen LogP contribution in [0.15, 0.2) is 17.5 Å². The lowest BCUT2D eigenvalue weighted by atomic mass is 10.2. The van der Waals surface area contributed by atoms with Crippen LogP contribution >= 0.6 is 11.3 Å². The molecule has 1 fully saturated rings. The van der Waals surface area contributed by atoms with Gasteiger partial charge in [0.15, 0.2) is 0 Å². The maximum Gasteiger partial charge on any atom is 0.315 e. The van der Waals surface area contributed by atoms with E-state index in [9.17, 15) is 4.79 Å². The molecule has 4 nitrogen and oxygen atoms in total. The van der Waals surface area contributed by atoms with E-state index in [2.05, 4.69) is 10.6 Å². The molecule has 1 aliphatic heterocycles. The largest absolute Gasteiger partial charge is 0.376 e. The van der Waals surface area contributed by atoms with Crippen LogP contribution < -0.4 is 10.6 Å². The minimum atomic E-state index is -0.121. The van der Waals surface area contributed by atoms with Crippen molar-refractivity contribution < 1.29 is 9.53 Å². The van der Waals surface area contributed by atoms with Gasteiger partial charge in [0.05, 0.1) is 12.6 Å². The summed E-state index contributed by atoms with van der Waals surface area (Å²) in [6.07, 6.45) is 2.35. The number of carbonyl (C=O) groups excluding carboxylic acids is 1. The Kier molecular flexibility index (Phi) is 4.18. The van der Waals surface area contributed by atoms with E-state index in [4.69, 9.17) is 4.74 Å². The lowest BCUT2D eigenvalue weighted by Gasteiger charge is -2.11. The molecular weight excluding hydrogens is 224 g/mol. The molecule has 88 valence electrons. The van der Waals surface area contributed by atoms with Crippen molar-refractivity contribution in [1.82, 2.24) is 10.6 Å². The van der Waals surface area contributed by atoms with E-state index in [0.717, 1.165) is 24.3 Å². The Hall–Kier alpha value is -1.07. The van der Waals surface area contributed by atoms with Crippen molar-refractivity contribution in [2.45, 2.75) is 25.5 Å². The molecule has 1 saturated heterocycles. The van der Waals surface area contributed by atoms with Crippen molar-refractivity contribution in [2.75, 3.05) is 13.2 Å². The van der Waals surface area contributed by atoms with E-state index >= 15 is 0 Å². The van der Waals surface area contributed by atoms with Crippen LogP contribution in [-0.2, 0) is 11.3 Å². The molecular formula is C11H16N2O2S. The first-order valence-corrected chi connectivity index (χ1v) is 6.38. The number of rotatable bonds is 4. The van der Waals surface area contributed by atoms with Crippen LogP contribution in [0.2, 0.25) is 0 Å². The Labute approximate surface area is 99.0 Å². The average molecular weight is 240 g/mol. The molecule has 16 heavy (non-hydrogen) atoms. The van der Waals surface area contributed by atoms with Gasteiger partial charge in [-0.15, -0.1) is 11.3 Å². The molecule has 0 spiro atoms. The Bertz CT molecular complexity index is 321. The molecule has 2 amide bonds. The Morgan fingerprint density at radius 1 is 1.56 bits per heavy atom. The zero-order chi connectivity index (χ0) is 11.2. The van der Waals surface area contributed by atoms with Gasteiger partial charge in [0.2, 0.25) is 0 Å². The van der Waals surface area contributed by atoms with Crippen LogP contribution in [0, 0.1) is 0 Å². The number of nitrogens with one attached hydrogen (secondary N) is 2. The molecule has 1 aromatic heterocycles. The summed E-state index contributed by atoms with van der Waals surface area (Å²) in [6.45, 7) is 2.02. The third-order valence-electron chi connectivity index (χ3n) is 2.52. The third kappa shape index (κ3) is 3.50. The second-order valence-electron chi connectivity index (χ2n) is 3.78. The number of hydrogen-bond donors (Lipinski definition) is 2. The maximum atomic E-state index is 11.4. The van der Waals surface area contributed by atoms with Gasteiger partial charge in [-0.25, -0.2) is 4.79 Å². The second kappa shape index (κ2) is 5.86. The van der Waals surface area contributed by atoms with Gasteiger partial charge in [-0.2, -0.15) is 0 Å². The van der Waals surface area contributed by atoms with Crippen molar-refractivity contribution in [3.8, 4) is 0 Å². The van der Waals surface area contributed by atoms with Crippen LogP contribution in [-0.4, -0.2) is 25.3 Å². The first kappa shape index (κ1) is 11.4. The Morgan fingerprint density at radius 3 is 3.19 bits per heavy atom. The summed E-state index contributed by atoms with van der Waals surface area (Å²) in [5, 5.41) is 7.63. The first-order valence-electron chi connectivity index (χ1n) is 5.50. The van der Waals surface area contributed by atoms with Gasteiger partial charge >= 0.3 is 6.03 Å². The fourth-order valence-corrected chi connectivity index (χ4v) is 2.30. The fraction of sp³-hybridized carbons (Fsp3) is 0.545. The molecule has 1 unspecified atom stereocenters. The van der Waals surface area contributed by atoms with Gasteiger partial charge in [0.1, 0.15) is 0 Å². The Morgan fingerprint density at radius 2 is 2.50 bits per heavy atom. The van der Waals surface area contributed by atoms with Crippen LogP contribution in [0.25, 0.3) is 0 Å². The minimum absolute atomic E-state index is 0.121. The van der Waals surface area contributed by atoms with Gasteiger partial charge in [-0.3, -0.25) is 0 Å². The van der Waals surface area contributed by atoms with Crippen LogP contribution in [0.3, 0.4) is 0 Å². The molecule has 2 heterocycles. The quantitative estimate of drug-likeness (QED) is 0.842. The molecule has 5 heteroatoms. The number of carbonyl (C=O) groups is 1. The number of ether oxygens (including phenoxy) is 1. The van der Waals surface area contributed by atoms with Crippen molar-refractivity contribution in [2.24, 2.45) is 0 Å². The number of amides is 2. The lowest BCUT2D eigenvalue weighted by molar-refractivity contribution is 0.111. The van der Waals surface area contributed by atoms with E-state index in [1.807, 2.05) is 17.5 Å². The molecule has 1 aliphatic rings. The molecule has 0 aromatic carbocycles. The summed E-state index contributed by atoms with van der Waals surface area (Å²) in [6, 6.07) is 3.86. The maximum absolute atomic E-state index is 11.4. The third-order valence-corrected chi connectivity index (χ3v) is 3.39. The highest BCUT2D eigenvalue weighted by atomic mass is 32.1. The highest BCUT2D eigenvalue weighted by molar-refractivity contribution is 7.09. The van der Waals surface area contributed by atoms with E-state index < -0.39 is 0 Å². The van der Waals surface area contributed by atoms with Crippen LogP contribution in [0.4, 0.5) is 4.79 Å². The topological polar surface area (TPSA) is 50.4 Å². The first-order chi connectivity index (χ1) is 7.84. The van der Waals surface area contributed by atoms with Crippen molar-refractivity contribution in [3.05, 3.63) is 22.4 Å². The van der Waals surface area contributed by atoms with Crippen molar-refractivity contribution >= 4 is 17.4 Å². The zero-order valence-corrected chi connectivity index (χ0v) is 9.89. The summed E-state index contributed by atoms with van der Waals surface area (Å²) < 4.78 is 5.41.